The number of aromatic nitrogens is 2. The Morgan fingerprint density at radius 1 is 1.38 bits per heavy atom. The van der Waals surface area contributed by atoms with Crippen LogP contribution in [0.3, 0.4) is 0 Å². The average Bonchev–Trinajstić information content (AvgIpc) is 2.27. The number of amides is 1. The largest absolute Gasteiger partial charge is 0.368 e. The van der Waals surface area contributed by atoms with Crippen LogP contribution in [0.15, 0.2) is 12.1 Å². The van der Waals surface area contributed by atoms with Gasteiger partial charge in [-0.05, 0) is 25.0 Å². The van der Waals surface area contributed by atoms with E-state index in [4.69, 9.17) is 0 Å². The predicted octanol–water partition coefficient (Wildman–Crippen LogP) is 1.29. The van der Waals surface area contributed by atoms with Gasteiger partial charge in [-0.15, -0.1) is 10.2 Å². The van der Waals surface area contributed by atoms with Crippen LogP contribution in [0.2, 0.25) is 0 Å². The third kappa shape index (κ3) is 3.84. The van der Waals surface area contributed by atoms with Gasteiger partial charge in [-0.3, -0.25) is 4.79 Å². The number of hydrogen-bond donors (Lipinski definition) is 2. The minimum Gasteiger partial charge on any atom is -0.368 e. The van der Waals surface area contributed by atoms with Gasteiger partial charge in [0.15, 0.2) is 5.69 Å². The molecule has 0 saturated heterocycles. The third-order valence-electron chi connectivity index (χ3n) is 1.93. The lowest BCUT2D eigenvalue weighted by atomic mass is 10.2. The van der Waals surface area contributed by atoms with E-state index >= 15 is 0 Å². The average molecular weight is 222 g/mol. The van der Waals surface area contributed by atoms with E-state index in [0.717, 1.165) is 6.54 Å². The molecule has 1 heterocycles. The molecule has 0 saturated carbocycles. The molecular formula is C11H18N4O. The van der Waals surface area contributed by atoms with Crippen molar-refractivity contribution in [3.8, 4) is 0 Å². The van der Waals surface area contributed by atoms with Crippen molar-refractivity contribution in [1.82, 2.24) is 15.5 Å². The smallest absolute Gasteiger partial charge is 0.271 e. The fourth-order valence-electron chi connectivity index (χ4n) is 1.11. The SMILES string of the molecule is CCNC(=O)c1ccc(NCC(C)C)nn1. The summed E-state index contributed by atoms with van der Waals surface area (Å²) in [5, 5.41) is 13.6. The Bertz CT molecular complexity index is 334. The second-order valence-electron chi connectivity index (χ2n) is 3.94. The second-order valence-corrected chi connectivity index (χ2v) is 3.94. The minimum absolute atomic E-state index is 0.189. The Balaban J connectivity index is 2.57. The maximum atomic E-state index is 11.4. The van der Waals surface area contributed by atoms with Crippen LogP contribution < -0.4 is 10.6 Å². The van der Waals surface area contributed by atoms with Gasteiger partial charge in [0.05, 0.1) is 0 Å². The highest BCUT2D eigenvalue weighted by atomic mass is 16.1. The van der Waals surface area contributed by atoms with Gasteiger partial charge in [-0.2, -0.15) is 0 Å². The van der Waals surface area contributed by atoms with Crippen molar-refractivity contribution < 1.29 is 4.79 Å². The molecular weight excluding hydrogens is 204 g/mol. The molecule has 0 bridgehead atoms. The topological polar surface area (TPSA) is 66.9 Å². The van der Waals surface area contributed by atoms with Gasteiger partial charge in [-0.1, -0.05) is 13.8 Å². The van der Waals surface area contributed by atoms with E-state index in [2.05, 4.69) is 34.7 Å². The highest BCUT2D eigenvalue weighted by Gasteiger charge is 2.06. The van der Waals surface area contributed by atoms with Gasteiger partial charge in [0.1, 0.15) is 5.82 Å². The maximum absolute atomic E-state index is 11.4. The van der Waals surface area contributed by atoms with Crippen molar-refractivity contribution in [2.24, 2.45) is 5.92 Å². The first-order valence-electron chi connectivity index (χ1n) is 5.49. The number of anilines is 1. The monoisotopic (exact) mass is 222 g/mol. The van der Waals surface area contributed by atoms with E-state index in [0.29, 0.717) is 24.0 Å². The lowest BCUT2D eigenvalue weighted by Gasteiger charge is -2.07. The summed E-state index contributed by atoms with van der Waals surface area (Å²) in [5.74, 6) is 1.05. The molecule has 1 aromatic heterocycles. The van der Waals surface area contributed by atoms with Crippen LogP contribution in [0.1, 0.15) is 31.3 Å². The van der Waals surface area contributed by atoms with E-state index < -0.39 is 0 Å². The first-order chi connectivity index (χ1) is 7.63. The first-order valence-corrected chi connectivity index (χ1v) is 5.49. The van der Waals surface area contributed by atoms with Gasteiger partial charge in [-0.25, -0.2) is 0 Å². The zero-order chi connectivity index (χ0) is 12.0. The zero-order valence-corrected chi connectivity index (χ0v) is 9.95. The Kier molecular flexibility index (Phi) is 4.69. The molecule has 0 fully saturated rings. The number of carbonyl (C=O) groups excluding carboxylic acids is 1. The van der Waals surface area contributed by atoms with E-state index in [-0.39, 0.29) is 5.91 Å². The normalized spacial score (nSPS) is 10.2. The molecule has 0 unspecified atom stereocenters. The molecule has 0 atom stereocenters. The molecule has 0 aliphatic heterocycles. The molecule has 0 radical (unpaired) electrons. The molecule has 1 amide bonds. The summed E-state index contributed by atoms with van der Waals surface area (Å²) in [6, 6.07) is 3.43. The van der Waals surface area contributed by atoms with Crippen LogP contribution in [-0.2, 0) is 0 Å². The summed E-state index contributed by atoms with van der Waals surface area (Å²) in [6.07, 6.45) is 0. The van der Waals surface area contributed by atoms with Crippen molar-refractivity contribution in [1.29, 1.82) is 0 Å². The van der Waals surface area contributed by atoms with Crippen molar-refractivity contribution in [2.45, 2.75) is 20.8 Å². The van der Waals surface area contributed by atoms with E-state index in [9.17, 15) is 4.79 Å². The number of rotatable bonds is 5. The van der Waals surface area contributed by atoms with Gasteiger partial charge in [0, 0.05) is 13.1 Å². The van der Waals surface area contributed by atoms with Crippen LogP contribution in [0.5, 0.6) is 0 Å². The maximum Gasteiger partial charge on any atom is 0.271 e. The van der Waals surface area contributed by atoms with Gasteiger partial charge in [0.2, 0.25) is 0 Å². The number of nitrogens with one attached hydrogen (secondary N) is 2. The first kappa shape index (κ1) is 12.4. The number of hydrogen-bond acceptors (Lipinski definition) is 4. The molecule has 0 spiro atoms. The predicted molar refractivity (Wildman–Crippen MR) is 63.4 cm³/mol. The van der Waals surface area contributed by atoms with E-state index in [1.54, 1.807) is 12.1 Å². The van der Waals surface area contributed by atoms with Crippen LogP contribution in [0.4, 0.5) is 5.82 Å². The molecule has 1 aromatic rings. The Morgan fingerprint density at radius 2 is 2.12 bits per heavy atom. The standard InChI is InChI=1S/C11H18N4O/c1-4-12-11(16)9-5-6-10(15-14-9)13-7-8(2)3/h5-6,8H,4,7H2,1-3H3,(H,12,16)(H,13,15). The van der Waals surface area contributed by atoms with Crippen LogP contribution in [-0.4, -0.2) is 29.2 Å². The van der Waals surface area contributed by atoms with Crippen molar-refractivity contribution >= 4 is 11.7 Å². The fourth-order valence-corrected chi connectivity index (χ4v) is 1.11. The summed E-state index contributed by atoms with van der Waals surface area (Å²) < 4.78 is 0. The third-order valence-corrected chi connectivity index (χ3v) is 1.93. The summed E-state index contributed by atoms with van der Waals surface area (Å²) in [5.41, 5.74) is 0.344. The molecule has 0 aliphatic carbocycles. The van der Waals surface area contributed by atoms with Crippen LogP contribution >= 0.6 is 0 Å². The van der Waals surface area contributed by atoms with Crippen molar-refractivity contribution in [3.63, 3.8) is 0 Å². The molecule has 88 valence electrons. The Hall–Kier alpha value is -1.65. The highest BCUT2D eigenvalue weighted by molar-refractivity contribution is 5.92. The quantitative estimate of drug-likeness (QED) is 0.788. The lowest BCUT2D eigenvalue weighted by Crippen LogP contribution is -2.24. The molecule has 5 nitrogen and oxygen atoms in total. The van der Waals surface area contributed by atoms with Gasteiger partial charge >= 0.3 is 0 Å². The zero-order valence-electron chi connectivity index (χ0n) is 9.95. The molecule has 2 N–H and O–H groups in total. The van der Waals surface area contributed by atoms with Crippen molar-refractivity contribution in [3.05, 3.63) is 17.8 Å². The summed E-state index contributed by atoms with van der Waals surface area (Å²) >= 11 is 0. The Labute approximate surface area is 95.7 Å². The number of nitrogens with zero attached hydrogens (tertiary/aromatic N) is 2. The van der Waals surface area contributed by atoms with Crippen molar-refractivity contribution in [2.75, 3.05) is 18.4 Å². The molecule has 5 heteroatoms. The fraction of sp³-hybridized carbons (Fsp3) is 0.545. The lowest BCUT2D eigenvalue weighted by molar-refractivity contribution is 0.0950. The molecule has 1 rings (SSSR count). The summed E-state index contributed by atoms with van der Waals surface area (Å²) in [4.78, 5) is 11.4. The van der Waals surface area contributed by atoms with E-state index in [1.165, 1.54) is 0 Å². The van der Waals surface area contributed by atoms with Crippen LogP contribution in [0.25, 0.3) is 0 Å². The Morgan fingerprint density at radius 3 is 2.62 bits per heavy atom. The highest BCUT2D eigenvalue weighted by Crippen LogP contribution is 2.03. The minimum atomic E-state index is -0.189. The second kappa shape index (κ2) is 6.05. The van der Waals surface area contributed by atoms with E-state index in [1.807, 2.05) is 6.92 Å². The molecule has 0 aromatic carbocycles. The number of carbonyl (C=O) groups is 1. The van der Waals surface area contributed by atoms with Gasteiger partial charge < -0.3 is 10.6 Å². The summed E-state index contributed by atoms with van der Waals surface area (Å²) in [6.45, 7) is 7.53. The molecule has 16 heavy (non-hydrogen) atoms. The van der Waals surface area contributed by atoms with Gasteiger partial charge in [0.25, 0.3) is 5.91 Å². The molecule has 0 aliphatic rings. The van der Waals surface area contributed by atoms with Crippen LogP contribution in [0, 0.1) is 5.92 Å². The summed E-state index contributed by atoms with van der Waals surface area (Å²) in [7, 11) is 0.